The van der Waals surface area contributed by atoms with Crippen LogP contribution in [0.15, 0.2) is 12.7 Å². The van der Waals surface area contributed by atoms with Crippen LogP contribution in [-0.2, 0) is 28.9 Å². The normalized spacial score (nSPS) is 26.8. The van der Waals surface area contributed by atoms with E-state index in [1.165, 1.54) is 6.08 Å². The molecule has 8 heteroatoms. The third-order valence-electron chi connectivity index (χ3n) is 3.23. The lowest BCUT2D eigenvalue weighted by atomic mass is 10.0. The Hall–Kier alpha value is -0.440. The quantitative estimate of drug-likeness (QED) is 0.524. The molecular weight excluding hydrogens is 292 g/mol. The zero-order chi connectivity index (χ0) is 14.7. The van der Waals surface area contributed by atoms with Crippen molar-refractivity contribution < 1.29 is 25.8 Å². The molecule has 1 saturated heterocycles. The average Bonchev–Trinajstić information content (AvgIpc) is 2.34. The second kappa shape index (κ2) is 6.34. The highest BCUT2D eigenvalue weighted by Gasteiger charge is 2.44. The molecule has 1 heterocycles. The summed E-state index contributed by atoms with van der Waals surface area (Å²) < 4.78 is 57.3. The van der Waals surface area contributed by atoms with Crippen molar-refractivity contribution in [2.24, 2.45) is 0 Å². The van der Waals surface area contributed by atoms with Crippen LogP contribution in [0.25, 0.3) is 0 Å². The van der Waals surface area contributed by atoms with Crippen molar-refractivity contribution in [1.29, 1.82) is 0 Å². The summed E-state index contributed by atoms with van der Waals surface area (Å²) in [6, 6.07) is 0. The van der Waals surface area contributed by atoms with E-state index >= 15 is 0 Å². The Bertz CT molecular complexity index is 507. The van der Waals surface area contributed by atoms with Crippen LogP contribution in [0.2, 0.25) is 0 Å². The Morgan fingerprint density at radius 3 is 2.53 bits per heavy atom. The third kappa shape index (κ3) is 4.01. The highest BCUT2D eigenvalue weighted by Crippen LogP contribution is 2.28. The Morgan fingerprint density at radius 2 is 2.05 bits per heavy atom. The number of hydrogen-bond donors (Lipinski definition) is 0. The maximum atomic E-state index is 11.9. The zero-order valence-electron chi connectivity index (χ0n) is 11.1. The predicted molar refractivity (Wildman–Crippen MR) is 72.1 cm³/mol. The van der Waals surface area contributed by atoms with E-state index in [9.17, 15) is 16.8 Å². The van der Waals surface area contributed by atoms with Crippen molar-refractivity contribution >= 4 is 20.0 Å². The van der Waals surface area contributed by atoms with Crippen LogP contribution in [-0.4, -0.2) is 53.4 Å². The summed E-state index contributed by atoms with van der Waals surface area (Å²) >= 11 is 0. The Balaban J connectivity index is 3.14. The van der Waals surface area contributed by atoms with E-state index < -0.39 is 36.6 Å². The molecule has 0 aliphatic carbocycles. The molecule has 1 aliphatic heterocycles. The number of sulfone groups is 1. The van der Waals surface area contributed by atoms with Crippen molar-refractivity contribution in [1.82, 2.24) is 0 Å². The van der Waals surface area contributed by atoms with Crippen LogP contribution in [0.3, 0.4) is 0 Å². The molecule has 0 aromatic rings. The molecule has 19 heavy (non-hydrogen) atoms. The van der Waals surface area contributed by atoms with Gasteiger partial charge < -0.3 is 4.74 Å². The summed E-state index contributed by atoms with van der Waals surface area (Å²) in [4.78, 5) is 0. The number of hydrogen-bond acceptors (Lipinski definition) is 6. The van der Waals surface area contributed by atoms with Crippen molar-refractivity contribution in [2.45, 2.75) is 35.9 Å². The Labute approximate surface area is 114 Å². The monoisotopic (exact) mass is 312 g/mol. The first-order chi connectivity index (χ1) is 8.74. The maximum absolute atomic E-state index is 11.9. The smallest absolute Gasteiger partial charge is 0.272 e. The van der Waals surface area contributed by atoms with E-state index in [-0.39, 0.29) is 6.42 Å². The average molecular weight is 312 g/mol. The molecule has 0 aromatic carbocycles. The van der Waals surface area contributed by atoms with E-state index in [2.05, 4.69) is 10.8 Å². The first kappa shape index (κ1) is 16.6. The third-order valence-corrected chi connectivity index (χ3v) is 6.50. The van der Waals surface area contributed by atoms with Gasteiger partial charge in [0.2, 0.25) is 0 Å². The topological polar surface area (TPSA) is 86.7 Å². The van der Waals surface area contributed by atoms with Crippen molar-refractivity contribution in [2.75, 3.05) is 20.0 Å². The minimum Gasteiger partial charge on any atom is -0.375 e. The predicted octanol–water partition coefficient (Wildman–Crippen LogP) is 0.500. The molecule has 1 fully saturated rings. The van der Waals surface area contributed by atoms with Gasteiger partial charge in [-0.15, -0.1) is 6.58 Å². The van der Waals surface area contributed by atoms with Gasteiger partial charge in [0.15, 0.2) is 9.84 Å². The number of rotatable bonds is 6. The SMILES string of the molecule is C=CC[C@H]([C@@H]1OCCC[C@@H]1S(=O)(=O)OC)S(C)(=O)=O. The fourth-order valence-corrected chi connectivity index (χ4v) is 4.91. The van der Waals surface area contributed by atoms with Crippen LogP contribution >= 0.6 is 0 Å². The van der Waals surface area contributed by atoms with Gasteiger partial charge in [0, 0.05) is 12.9 Å². The first-order valence-electron chi connectivity index (χ1n) is 5.95. The molecule has 6 nitrogen and oxygen atoms in total. The van der Waals surface area contributed by atoms with E-state index in [1.807, 2.05) is 0 Å². The van der Waals surface area contributed by atoms with Gasteiger partial charge in [0.1, 0.15) is 5.25 Å². The number of ether oxygens (including phenoxy) is 1. The van der Waals surface area contributed by atoms with Gasteiger partial charge in [0.25, 0.3) is 10.1 Å². The van der Waals surface area contributed by atoms with Crippen molar-refractivity contribution in [3.05, 3.63) is 12.7 Å². The highest BCUT2D eigenvalue weighted by atomic mass is 32.2. The summed E-state index contributed by atoms with van der Waals surface area (Å²) in [7, 11) is -6.19. The van der Waals surface area contributed by atoms with Gasteiger partial charge in [-0.2, -0.15) is 8.42 Å². The molecule has 112 valence electrons. The second-order valence-corrected chi connectivity index (χ2v) is 8.76. The van der Waals surface area contributed by atoms with Crippen molar-refractivity contribution in [3.63, 3.8) is 0 Å². The highest BCUT2D eigenvalue weighted by molar-refractivity contribution is 7.91. The van der Waals surface area contributed by atoms with Gasteiger partial charge in [-0.1, -0.05) is 6.08 Å². The Morgan fingerprint density at radius 1 is 1.42 bits per heavy atom. The lowest BCUT2D eigenvalue weighted by molar-refractivity contribution is 0.0150. The van der Waals surface area contributed by atoms with Crippen LogP contribution < -0.4 is 0 Å². The molecule has 0 bridgehead atoms. The van der Waals surface area contributed by atoms with Gasteiger partial charge in [-0.3, -0.25) is 4.18 Å². The van der Waals surface area contributed by atoms with Crippen LogP contribution in [0.4, 0.5) is 0 Å². The fraction of sp³-hybridized carbons (Fsp3) is 0.818. The Kier molecular flexibility index (Phi) is 5.54. The van der Waals surface area contributed by atoms with Crippen LogP contribution in [0.1, 0.15) is 19.3 Å². The minimum absolute atomic E-state index is 0.152. The second-order valence-electron chi connectivity index (χ2n) is 4.57. The molecule has 0 N–H and O–H groups in total. The maximum Gasteiger partial charge on any atom is 0.272 e. The van der Waals surface area contributed by atoms with E-state index in [1.54, 1.807) is 0 Å². The number of allylic oxidation sites excluding steroid dienone is 1. The van der Waals surface area contributed by atoms with Gasteiger partial charge in [-0.05, 0) is 19.3 Å². The molecule has 0 radical (unpaired) electrons. The molecule has 1 aliphatic rings. The van der Waals surface area contributed by atoms with Gasteiger partial charge >= 0.3 is 0 Å². The molecule has 0 unspecified atom stereocenters. The van der Waals surface area contributed by atoms with Crippen molar-refractivity contribution in [3.8, 4) is 0 Å². The summed E-state index contributed by atoms with van der Waals surface area (Å²) in [6.07, 6.45) is 2.68. The molecule has 0 amide bonds. The summed E-state index contributed by atoms with van der Waals surface area (Å²) in [5.74, 6) is 0. The molecule has 3 atom stereocenters. The lowest BCUT2D eigenvalue weighted by Gasteiger charge is -2.34. The van der Waals surface area contributed by atoms with Crippen LogP contribution in [0, 0.1) is 0 Å². The molecular formula is C11H20O6S2. The zero-order valence-corrected chi connectivity index (χ0v) is 12.7. The summed E-state index contributed by atoms with van der Waals surface area (Å²) in [5.41, 5.74) is 0. The minimum atomic E-state index is -3.82. The fourth-order valence-electron chi connectivity index (χ4n) is 2.27. The molecule has 0 aromatic heterocycles. The van der Waals surface area contributed by atoms with Gasteiger partial charge in [-0.25, -0.2) is 8.42 Å². The van der Waals surface area contributed by atoms with Gasteiger partial charge in [0.05, 0.1) is 18.5 Å². The summed E-state index contributed by atoms with van der Waals surface area (Å²) in [6.45, 7) is 3.87. The molecule has 0 saturated carbocycles. The largest absolute Gasteiger partial charge is 0.375 e. The lowest BCUT2D eigenvalue weighted by Crippen LogP contribution is -2.49. The molecule has 1 rings (SSSR count). The van der Waals surface area contributed by atoms with E-state index in [0.29, 0.717) is 19.4 Å². The standard InChI is InChI=1S/C11H20O6S2/c1-4-6-9(18(3,12)13)11-10(7-5-8-17-11)19(14,15)16-2/h4,9-11H,1,5-8H2,2-3H3/t9-,10+,11+/m1/s1. The summed E-state index contributed by atoms with van der Waals surface area (Å²) in [5, 5.41) is -1.87. The van der Waals surface area contributed by atoms with E-state index in [4.69, 9.17) is 4.74 Å². The first-order valence-corrected chi connectivity index (χ1v) is 9.37. The van der Waals surface area contributed by atoms with E-state index in [0.717, 1.165) is 13.4 Å². The molecule has 0 spiro atoms. The van der Waals surface area contributed by atoms with Crippen LogP contribution in [0.5, 0.6) is 0 Å².